The van der Waals surface area contributed by atoms with E-state index in [0.717, 1.165) is 10.2 Å². The summed E-state index contributed by atoms with van der Waals surface area (Å²) < 4.78 is 0.800. The highest BCUT2D eigenvalue weighted by Crippen LogP contribution is 2.22. The van der Waals surface area contributed by atoms with Crippen LogP contribution in [-0.4, -0.2) is 12.3 Å². The Kier molecular flexibility index (Phi) is 3.97. The molecular weight excluding hydrogens is 230 g/mol. The minimum Gasteiger partial charge on any atom is -0.376 e. The Labute approximate surface area is 86.5 Å². The van der Waals surface area contributed by atoms with Crippen LogP contribution in [-0.2, 0) is 0 Å². The average Bonchev–Trinajstić information content (AvgIpc) is 2.07. The molecule has 0 aromatic rings. The first-order valence-electron chi connectivity index (χ1n) is 4.30. The highest BCUT2D eigenvalue weighted by molar-refractivity contribution is 9.11. The van der Waals surface area contributed by atoms with Crippen molar-refractivity contribution in [3.8, 4) is 6.07 Å². The van der Waals surface area contributed by atoms with Gasteiger partial charge >= 0.3 is 0 Å². The Morgan fingerprint density at radius 2 is 2.38 bits per heavy atom. The third-order valence-corrected chi connectivity index (χ3v) is 2.90. The van der Waals surface area contributed by atoms with Gasteiger partial charge in [0.2, 0.25) is 0 Å². The quantitative estimate of drug-likeness (QED) is 0.587. The molecule has 70 valence electrons. The molecule has 0 aliphatic heterocycles. The van der Waals surface area contributed by atoms with E-state index >= 15 is 0 Å². The van der Waals surface area contributed by atoms with Gasteiger partial charge in [-0.1, -0.05) is 0 Å². The molecule has 4 heteroatoms. The van der Waals surface area contributed by atoms with E-state index in [1.807, 2.05) is 6.07 Å². The zero-order valence-corrected chi connectivity index (χ0v) is 8.89. The molecule has 1 aliphatic rings. The molecule has 0 aromatic carbocycles. The maximum Gasteiger partial charge on any atom is 0.0840 e. The summed E-state index contributed by atoms with van der Waals surface area (Å²) >= 11 is 3.35. The van der Waals surface area contributed by atoms with Gasteiger partial charge in [0.1, 0.15) is 0 Å². The lowest BCUT2D eigenvalue weighted by atomic mass is 9.93. The summed E-state index contributed by atoms with van der Waals surface area (Å²) in [5.41, 5.74) is 0.717. The van der Waals surface area contributed by atoms with Crippen molar-refractivity contribution in [3.05, 3.63) is 10.2 Å². The first-order valence-corrected chi connectivity index (χ1v) is 5.10. The smallest absolute Gasteiger partial charge is 0.0840 e. The molecule has 13 heavy (non-hydrogen) atoms. The van der Waals surface area contributed by atoms with Crippen LogP contribution >= 0.6 is 15.9 Å². The van der Waals surface area contributed by atoms with Gasteiger partial charge in [0.05, 0.1) is 17.1 Å². The summed E-state index contributed by atoms with van der Waals surface area (Å²) in [7, 11) is 0. The molecule has 3 nitrogen and oxygen atoms in total. The molecule has 0 radical (unpaired) electrons. The van der Waals surface area contributed by atoms with Crippen LogP contribution in [0, 0.1) is 16.7 Å². The molecule has 0 atom stereocenters. The van der Waals surface area contributed by atoms with Crippen molar-refractivity contribution in [2.45, 2.75) is 31.7 Å². The van der Waals surface area contributed by atoms with Crippen molar-refractivity contribution in [2.24, 2.45) is 0 Å². The van der Waals surface area contributed by atoms with Gasteiger partial charge in [-0.05, 0) is 35.2 Å². The van der Waals surface area contributed by atoms with Crippen LogP contribution in [0.5, 0.6) is 0 Å². The highest BCUT2D eigenvalue weighted by atomic mass is 79.9. The van der Waals surface area contributed by atoms with E-state index < -0.39 is 0 Å². The summed E-state index contributed by atoms with van der Waals surface area (Å²) in [6.07, 6.45) is 5.15. The van der Waals surface area contributed by atoms with Gasteiger partial charge in [0.15, 0.2) is 0 Å². The van der Waals surface area contributed by atoms with E-state index in [-0.39, 0.29) is 6.42 Å². The predicted molar refractivity (Wildman–Crippen MR) is 55.7 cm³/mol. The molecule has 0 unspecified atom stereocenters. The second kappa shape index (κ2) is 5.03. The minimum absolute atomic E-state index is 0.282. The molecule has 0 amide bonds. The van der Waals surface area contributed by atoms with Crippen LogP contribution in [0.15, 0.2) is 10.2 Å². The minimum atomic E-state index is 0.282. The van der Waals surface area contributed by atoms with Gasteiger partial charge < -0.3 is 10.7 Å². The summed E-state index contributed by atoms with van der Waals surface area (Å²) in [6.45, 7) is 0. The third-order valence-electron chi connectivity index (χ3n) is 2.16. The highest BCUT2D eigenvalue weighted by Gasteiger charge is 2.17. The van der Waals surface area contributed by atoms with Crippen molar-refractivity contribution in [3.63, 3.8) is 0 Å². The van der Waals surface area contributed by atoms with E-state index in [1.54, 1.807) is 0 Å². The monoisotopic (exact) mass is 241 g/mol. The zero-order chi connectivity index (χ0) is 9.68. The third kappa shape index (κ3) is 2.85. The first-order chi connectivity index (χ1) is 6.27. The van der Waals surface area contributed by atoms with Crippen molar-refractivity contribution < 1.29 is 0 Å². The lowest BCUT2D eigenvalue weighted by Crippen LogP contribution is -2.33. The Hall–Kier alpha value is -0.820. The Morgan fingerprint density at radius 1 is 1.69 bits per heavy atom. The number of nitrogens with one attached hydrogen (secondary N) is 2. The fourth-order valence-corrected chi connectivity index (χ4v) is 1.68. The van der Waals surface area contributed by atoms with Crippen molar-refractivity contribution in [1.82, 2.24) is 5.32 Å². The van der Waals surface area contributed by atoms with Gasteiger partial charge in [-0.3, -0.25) is 0 Å². The number of nitriles is 1. The zero-order valence-electron chi connectivity index (χ0n) is 7.31. The Bertz CT molecular complexity index is 261. The van der Waals surface area contributed by atoms with Crippen molar-refractivity contribution in [1.29, 1.82) is 10.7 Å². The van der Waals surface area contributed by atoms with E-state index in [1.165, 1.54) is 25.5 Å². The maximum absolute atomic E-state index is 8.49. The fourth-order valence-electron chi connectivity index (χ4n) is 1.10. The lowest BCUT2D eigenvalue weighted by molar-refractivity contribution is 0.370. The second-order valence-corrected chi connectivity index (χ2v) is 3.88. The standard InChI is InChI=1S/C9H12BrN3/c10-9(7(6-12)4-5-11)13-8-2-1-3-8/h6,8,12-13H,1-4H2/b9-7-,12-6?. The molecular formula is C9H12BrN3. The molecule has 0 bridgehead atoms. The van der Waals surface area contributed by atoms with Gasteiger partial charge in [-0.25, -0.2) is 0 Å². The number of allylic oxidation sites excluding steroid dienone is 1. The number of nitrogens with zero attached hydrogens (tertiary/aromatic N) is 1. The molecule has 1 fully saturated rings. The van der Waals surface area contributed by atoms with Gasteiger partial charge in [0, 0.05) is 17.8 Å². The van der Waals surface area contributed by atoms with Crippen LogP contribution < -0.4 is 5.32 Å². The number of hydrogen-bond acceptors (Lipinski definition) is 3. The molecule has 0 spiro atoms. The summed E-state index contributed by atoms with van der Waals surface area (Å²) in [5.74, 6) is 0. The van der Waals surface area contributed by atoms with Crippen molar-refractivity contribution >= 4 is 22.1 Å². The Morgan fingerprint density at radius 3 is 2.77 bits per heavy atom. The number of hydrogen-bond donors (Lipinski definition) is 2. The van der Waals surface area contributed by atoms with E-state index in [0.29, 0.717) is 6.04 Å². The number of rotatable bonds is 4. The summed E-state index contributed by atoms with van der Waals surface area (Å²) in [5, 5.41) is 18.8. The molecule has 2 N–H and O–H groups in total. The molecule has 0 saturated heterocycles. The maximum atomic E-state index is 8.49. The lowest BCUT2D eigenvalue weighted by Gasteiger charge is -2.27. The number of halogens is 1. The second-order valence-electron chi connectivity index (χ2n) is 3.09. The molecule has 1 rings (SSSR count). The molecule has 1 saturated carbocycles. The summed E-state index contributed by atoms with van der Waals surface area (Å²) in [6, 6.07) is 2.56. The van der Waals surface area contributed by atoms with Gasteiger partial charge in [-0.15, -0.1) is 0 Å². The molecule has 0 aromatic heterocycles. The molecule has 1 aliphatic carbocycles. The summed E-state index contributed by atoms with van der Waals surface area (Å²) in [4.78, 5) is 0. The fraction of sp³-hybridized carbons (Fsp3) is 0.556. The van der Waals surface area contributed by atoms with Crippen LogP contribution in [0.4, 0.5) is 0 Å². The van der Waals surface area contributed by atoms with Crippen LogP contribution in [0.3, 0.4) is 0 Å². The average molecular weight is 242 g/mol. The van der Waals surface area contributed by atoms with Crippen LogP contribution in [0.1, 0.15) is 25.7 Å². The Balaban J connectivity index is 2.52. The van der Waals surface area contributed by atoms with Crippen molar-refractivity contribution in [2.75, 3.05) is 0 Å². The SMILES string of the molecule is N#CC/C(C=N)=C(\Br)NC1CCC1. The first kappa shape index (κ1) is 10.3. The normalized spacial score (nSPS) is 18.2. The topological polar surface area (TPSA) is 59.7 Å². The van der Waals surface area contributed by atoms with Gasteiger partial charge in [-0.2, -0.15) is 5.26 Å². The van der Waals surface area contributed by atoms with Crippen LogP contribution in [0.2, 0.25) is 0 Å². The van der Waals surface area contributed by atoms with E-state index in [9.17, 15) is 0 Å². The molecule has 0 heterocycles. The van der Waals surface area contributed by atoms with Gasteiger partial charge in [0.25, 0.3) is 0 Å². The predicted octanol–water partition coefficient (Wildman–Crippen LogP) is 2.30. The largest absolute Gasteiger partial charge is 0.376 e. The van der Waals surface area contributed by atoms with E-state index in [2.05, 4.69) is 21.2 Å². The van der Waals surface area contributed by atoms with E-state index in [4.69, 9.17) is 10.7 Å². The van der Waals surface area contributed by atoms with Crippen LogP contribution in [0.25, 0.3) is 0 Å².